The predicted octanol–water partition coefficient (Wildman–Crippen LogP) is 0.812. The van der Waals surface area contributed by atoms with Gasteiger partial charge in [0.1, 0.15) is 11.6 Å². The molecule has 0 aromatic heterocycles. The lowest BCUT2D eigenvalue weighted by Crippen LogP contribution is -2.36. The number of aliphatic carboxylic acids is 1. The average molecular weight is 196 g/mol. The van der Waals surface area contributed by atoms with Crippen molar-refractivity contribution in [3.8, 4) is 0 Å². The van der Waals surface area contributed by atoms with Crippen LogP contribution in [0.25, 0.3) is 0 Å². The van der Waals surface area contributed by atoms with Crippen molar-refractivity contribution < 1.29 is 19.5 Å². The van der Waals surface area contributed by atoms with Crippen LogP contribution < -0.4 is 0 Å². The normalized spacial score (nSPS) is 27.4. The zero-order chi connectivity index (χ0) is 10.7. The third kappa shape index (κ3) is 2.07. The van der Waals surface area contributed by atoms with E-state index in [1.165, 1.54) is 6.08 Å². The summed E-state index contributed by atoms with van der Waals surface area (Å²) >= 11 is 0. The number of ketones is 2. The van der Waals surface area contributed by atoms with Gasteiger partial charge in [0.15, 0.2) is 0 Å². The molecule has 0 bridgehead atoms. The topological polar surface area (TPSA) is 71.4 Å². The molecule has 76 valence electrons. The lowest BCUT2D eigenvalue weighted by atomic mass is 9.78. The Balaban J connectivity index is 2.72. The quantitative estimate of drug-likeness (QED) is 0.535. The second-order valence-corrected chi connectivity index (χ2v) is 3.45. The van der Waals surface area contributed by atoms with E-state index in [-0.39, 0.29) is 24.4 Å². The zero-order valence-corrected chi connectivity index (χ0v) is 7.73. The zero-order valence-electron chi connectivity index (χ0n) is 7.73. The molecule has 0 aliphatic heterocycles. The van der Waals surface area contributed by atoms with Crippen molar-refractivity contribution in [1.29, 1.82) is 0 Å². The van der Waals surface area contributed by atoms with E-state index in [2.05, 4.69) is 6.58 Å². The monoisotopic (exact) mass is 196 g/mol. The summed E-state index contributed by atoms with van der Waals surface area (Å²) in [4.78, 5) is 33.3. The first kappa shape index (κ1) is 10.6. The van der Waals surface area contributed by atoms with Crippen LogP contribution in [-0.2, 0) is 14.4 Å². The minimum atomic E-state index is -1.07. The maximum atomic E-state index is 11.4. The molecular formula is C10H12O4. The summed E-state index contributed by atoms with van der Waals surface area (Å²) in [5.41, 5.74) is 0. The standard InChI is InChI=1S/C10H12O4/c1-2-3-7-8(11)4-6(10(13)14)5-9(7)12/h2,6-7H,1,3-5H2,(H,13,14). The van der Waals surface area contributed by atoms with Gasteiger partial charge in [0.25, 0.3) is 0 Å². The summed E-state index contributed by atoms with van der Waals surface area (Å²) in [7, 11) is 0. The number of hydrogen-bond donors (Lipinski definition) is 1. The third-order valence-electron chi connectivity index (χ3n) is 2.42. The first-order valence-corrected chi connectivity index (χ1v) is 4.45. The van der Waals surface area contributed by atoms with Crippen LogP contribution in [0.15, 0.2) is 12.7 Å². The molecule has 1 saturated carbocycles. The van der Waals surface area contributed by atoms with Gasteiger partial charge >= 0.3 is 5.97 Å². The highest BCUT2D eigenvalue weighted by molar-refractivity contribution is 6.07. The molecule has 4 heteroatoms. The van der Waals surface area contributed by atoms with Gasteiger partial charge in [-0.1, -0.05) is 6.08 Å². The van der Waals surface area contributed by atoms with Gasteiger partial charge in [-0.2, -0.15) is 0 Å². The highest BCUT2D eigenvalue weighted by atomic mass is 16.4. The fraction of sp³-hybridized carbons (Fsp3) is 0.500. The molecule has 0 aromatic rings. The second-order valence-electron chi connectivity index (χ2n) is 3.45. The van der Waals surface area contributed by atoms with Crippen LogP contribution >= 0.6 is 0 Å². The number of Topliss-reactive ketones (excluding diaryl/α,β-unsaturated/α-hetero) is 2. The van der Waals surface area contributed by atoms with Crippen molar-refractivity contribution in [3.63, 3.8) is 0 Å². The molecule has 1 fully saturated rings. The lowest BCUT2D eigenvalue weighted by molar-refractivity contribution is -0.150. The molecule has 14 heavy (non-hydrogen) atoms. The highest BCUT2D eigenvalue weighted by Crippen LogP contribution is 2.25. The predicted molar refractivity (Wildman–Crippen MR) is 48.7 cm³/mol. The Labute approximate surface area is 81.6 Å². The molecule has 0 unspecified atom stereocenters. The third-order valence-corrected chi connectivity index (χ3v) is 2.42. The molecule has 0 heterocycles. The fourth-order valence-electron chi connectivity index (χ4n) is 1.63. The number of carboxylic acids is 1. The SMILES string of the molecule is C=CCC1C(=O)CC(C(=O)O)CC1=O. The van der Waals surface area contributed by atoms with Gasteiger partial charge in [0, 0.05) is 12.8 Å². The van der Waals surface area contributed by atoms with E-state index in [1.807, 2.05) is 0 Å². The van der Waals surface area contributed by atoms with Crippen LogP contribution in [0, 0.1) is 11.8 Å². The Morgan fingerprint density at radius 1 is 1.43 bits per heavy atom. The molecule has 0 spiro atoms. The van der Waals surface area contributed by atoms with Crippen LogP contribution in [0.5, 0.6) is 0 Å². The molecule has 0 aromatic carbocycles. The maximum Gasteiger partial charge on any atom is 0.307 e. The summed E-state index contributed by atoms with van der Waals surface area (Å²) in [6, 6.07) is 0. The number of carboxylic acid groups (broad SMARTS) is 1. The maximum absolute atomic E-state index is 11.4. The molecule has 1 aliphatic rings. The number of allylic oxidation sites excluding steroid dienone is 1. The van der Waals surface area contributed by atoms with E-state index in [0.29, 0.717) is 6.42 Å². The van der Waals surface area contributed by atoms with Crippen molar-refractivity contribution in [2.24, 2.45) is 11.8 Å². The van der Waals surface area contributed by atoms with Gasteiger partial charge in [0.05, 0.1) is 11.8 Å². The molecule has 0 radical (unpaired) electrons. The van der Waals surface area contributed by atoms with Crippen molar-refractivity contribution in [2.45, 2.75) is 19.3 Å². The number of carbonyl (C=O) groups is 3. The number of hydrogen-bond acceptors (Lipinski definition) is 3. The smallest absolute Gasteiger partial charge is 0.307 e. The van der Waals surface area contributed by atoms with E-state index < -0.39 is 17.8 Å². The molecule has 1 rings (SSSR count). The molecule has 4 nitrogen and oxygen atoms in total. The summed E-state index contributed by atoms with van der Waals surface area (Å²) in [6.45, 7) is 3.46. The summed E-state index contributed by atoms with van der Waals surface area (Å²) in [5, 5.41) is 8.67. The highest BCUT2D eigenvalue weighted by Gasteiger charge is 2.37. The van der Waals surface area contributed by atoms with Gasteiger partial charge in [-0.15, -0.1) is 6.58 Å². The van der Waals surface area contributed by atoms with E-state index in [0.717, 1.165) is 0 Å². The van der Waals surface area contributed by atoms with Gasteiger partial charge in [-0.05, 0) is 6.42 Å². The Hall–Kier alpha value is -1.45. The van der Waals surface area contributed by atoms with Crippen LogP contribution in [-0.4, -0.2) is 22.6 Å². The van der Waals surface area contributed by atoms with Crippen LogP contribution in [0.4, 0.5) is 0 Å². The van der Waals surface area contributed by atoms with Gasteiger partial charge < -0.3 is 5.11 Å². The van der Waals surface area contributed by atoms with Crippen molar-refractivity contribution in [2.75, 3.05) is 0 Å². The van der Waals surface area contributed by atoms with Gasteiger partial charge in [0.2, 0.25) is 0 Å². The summed E-state index contributed by atoms with van der Waals surface area (Å²) in [6.07, 6.45) is 1.78. The lowest BCUT2D eigenvalue weighted by Gasteiger charge is -2.22. The van der Waals surface area contributed by atoms with E-state index in [4.69, 9.17) is 5.11 Å². The van der Waals surface area contributed by atoms with Crippen molar-refractivity contribution in [1.82, 2.24) is 0 Å². The molecule has 0 atom stereocenters. The molecular weight excluding hydrogens is 184 g/mol. The van der Waals surface area contributed by atoms with Crippen LogP contribution in [0.2, 0.25) is 0 Å². The molecule has 0 saturated heterocycles. The fourth-order valence-corrected chi connectivity index (χ4v) is 1.63. The summed E-state index contributed by atoms with van der Waals surface area (Å²) < 4.78 is 0. The van der Waals surface area contributed by atoms with E-state index in [1.54, 1.807) is 0 Å². The molecule has 1 N–H and O–H groups in total. The minimum Gasteiger partial charge on any atom is -0.481 e. The van der Waals surface area contributed by atoms with E-state index in [9.17, 15) is 14.4 Å². The largest absolute Gasteiger partial charge is 0.481 e. The Morgan fingerprint density at radius 2 is 1.93 bits per heavy atom. The Kier molecular flexibility index (Phi) is 3.17. The average Bonchev–Trinajstić information content (AvgIpc) is 2.10. The Morgan fingerprint density at radius 3 is 2.29 bits per heavy atom. The van der Waals surface area contributed by atoms with Crippen molar-refractivity contribution in [3.05, 3.63) is 12.7 Å². The number of rotatable bonds is 3. The van der Waals surface area contributed by atoms with E-state index >= 15 is 0 Å². The minimum absolute atomic E-state index is 0.0282. The summed E-state index contributed by atoms with van der Waals surface area (Å²) in [5.74, 6) is -3.08. The second kappa shape index (κ2) is 4.17. The first-order chi connectivity index (χ1) is 6.56. The Bertz CT molecular complexity index is 274. The number of carbonyl (C=O) groups excluding carboxylic acids is 2. The first-order valence-electron chi connectivity index (χ1n) is 4.45. The van der Waals surface area contributed by atoms with Gasteiger partial charge in [-0.3, -0.25) is 14.4 Å². The van der Waals surface area contributed by atoms with Crippen molar-refractivity contribution >= 4 is 17.5 Å². The molecule has 0 amide bonds. The molecule has 1 aliphatic carbocycles. The van der Waals surface area contributed by atoms with Crippen LogP contribution in [0.3, 0.4) is 0 Å². The van der Waals surface area contributed by atoms with Crippen LogP contribution in [0.1, 0.15) is 19.3 Å². The van der Waals surface area contributed by atoms with Gasteiger partial charge in [-0.25, -0.2) is 0 Å².